The molecule has 1 fully saturated rings. The first-order valence-corrected chi connectivity index (χ1v) is 6.51. The average molecular weight is 287 g/mol. The van der Waals surface area contributed by atoms with Gasteiger partial charge in [-0.1, -0.05) is 0 Å². The number of hydrogen-bond donors (Lipinski definition) is 0. The van der Waals surface area contributed by atoms with Gasteiger partial charge in [-0.05, 0) is 25.0 Å². The summed E-state index contributed by atoms with van der Waals surface area (Å²) < 4.78 is 7.01. The van der Waals surface area contributed by atoms with Crippen molar-refractivity contribution in [2.45, 2.75) is 18.9 Å². The minimum Gasteiger partial charge on any atom is -0.490 e. The smallest absolute Gasteiger partial charge is 0.312 e. The number of methoxy groups -OCH3 is 1. The summed E-state index contributed by atoms with van der Waals surface area (Å²) in [6.07, 6.45) is 4.60. The summed E-state index contributed by atoms with van der Waals surface area (Å²) in [5.74, 6) is 0.117. The quantitative estimate of drug-likeness (QED) is 0.479. The van der Waals surface area contributed by atoms with Crippen LogP contribution >= 0.6 is 0 Å². The van der Waals surface area contributed by atoms with Crippen LogP contribution in [0.15, 0.2) is 24.4 Å². The summed E-state index contributed by atoms with van der Waals surface area (Å²) in [5.41, 5.74) is 0.996. The summed E-state index contributed by atoms with van der Waals surface area (Å²) in [6.45, 7) is 0. The van der Waals surface area contributed by atoms with Gasteiger partial charge in [0.1, 0.15) is 6.29 Å². The second-order valence-corrected chi connectivity index (χ2v) is 4.91. The Labute approximate surface area is 120 Å². The van der Waals surface area contributed by atoms with E-state index in [1.54, 1.807) is 12.1 Å². The third kappa shape index (κ3) is 2.37. The Morgan fingerprint density at radius 3 is 2.81 bits per heavy atom. The second-order valence-electron chi connectivity index (χ2n) is 4.91. The van der Waals surface area contributed by atoms with E-state index in [2.05, 4.69) is 5.10 Å². The summed E-state index contributed by atoms with van der Waals surface area (Å²) >= 11 is 0. The van der Waals surface area contributed by atoms with Gasteiger partial charge in [-0.3, -0.25) is 19.6 Å². The maximum absolute atomic E-state index is 11.1. The van der Waals surface area contributed by atoms with Gasteiger partial charge in [-0.2, -0.15) is 5.10 Å². The van der Waals surface area contributed by atoms with E-state index >= 15 is 0 Å². The molecule has 1 heterocycles. The van der Waals surface area contributed by atoms with Gasteiger partial charge in [-0.15, -0.1) is 0 Å². The molecule has 0 unspecified atom stereocenters. The molecular weight excluding hydrogens is 274 g/mol. The molecule has 2 aromatic rings. The van der Waals surface area contributed by atoms with Crippen molar-refractivity contribution in [1.82, 2.24) is 9.78 Å². The van der Waals surface area contributed by atoms with Crippen LogP contribution < -0.4 is 4.74 Å². The molecule has 0 aliphatic heterocycles. The molecule has 0 N–H and O–H groups in total. The molecule has 1 aliphatic carbocycles. The highest BCUT2D eigenvalue weighted by Gasteiger charge is 2.26. The van der Waals surface area contributed by atoms with Crippen LogP contribution in [-0.2, 0) is 0 Å². The van der Waals surface area contributed by atoms with Crippen molar-refractivity contribution in [1.29, 1.82) is 0 Å². The Morgan fingerprint density at radius 2 is 2.24 bits per heavy atom. The van der Waals surface area contributed by atoms with Crippen LogP contribution in [0.25, 0.3) is 11.3 Å². The monoisotopic (exact) mass is 287 g/mol. The highest BCUT2D eigenvalue weighted by Crippen LogP contribution is 2.40. The standard InChI is InChI=1S/C14H13N3O4/c1-21-14-11(6-9(8-18)7-13(14)17(19)20)12-4-5-16(15-12)10-2-3-10/h4-8,10H,2-3H2,1H3. The predicted octanol–water partition coefficient (Wildman–Crippen LogP) is 2.61. The minimum absolute atomic E-state index is 0.117. The molecule has 21 heavy (non-hydrogen) atoms. The van der Waals surface area contributed by atoms with Gasteiger partial charge in [0.05, 0.1) is 29.3 Å². The Kier molecular flexibility index (Phi) is 3.17. The normalized spacial score (nSPS) is 14.0. The van der Waals surface area contributed by atoms with Crippen molar-refractivity contribution in [3.63, 3.8) is 0 Å². The molecule has 1 aliphatic rings. The first-order valence-electron chi connectivity index (χ1n) is 6.51. The molecule has 7 heteroatoms. The van der Waals surface area contributed by atoms with Crippen molar-refractivity contribution in [2.24, 2.45) is 0 Å². The highest BCUT2D eigenvalue weighted by molar-refractivity contribution is 5.84. The zero-order valence-electron chi connectivity index (χ0n) is 11.4. The molecule has 1 aromatic heterocycles. The Bertz CT molecular complexity index is 719. The van der Waals surface area contributed by atoms with Crippen LogP contribution in [0, 0.1) is 10.1 Å². The predicted molar refractivity (Wildman–Crippen MR) is 74.5 cm³/mol. The van der Waals surface area contributed by atoms with E-state index in [1.807, 2.05) is 10.9 Å². The number of aromatic nitrogens is 2. The van der Waals surface area contributed by atoms with Crippen LogP contribution in [0.4, 0.5) is 5.69 Å². The molecule has 1 saturated carbocycles. The fourth-order valence-electron chi connectivity index (χ4n) is 2.27. The number of nitro benzene ring substituents is 1. The minimum atomic E-state index is -0.562. The second kappa shape index (κ2) is 5.01. The fraction of sp³-hybridized carbons (Fsp3) is 0.286. The Hall–Kier alpha value is -2.70. The molecule has 0 radical (unpaired) electrons. The number of benzene rings is 1. The Morgan fingerprint density at radius 1 is 1.48 bits per heavy atom. The van der Waals surface area contributed by atoms with Gasteiger partial charge in [0, 0.05) is 17.8 Å². The molecule has 0 amide bonds. The van der Waals surface area contributed by atoms with Crippen LogP contribution in [0.5, 0.6) is 5.75 Å². The van der Waals surface area contributed by atoms with Crippen molar-refractivity contribution in [3.8, 4) is 17.0 Å². The molecule has 0 bridgehead atoms. The van der Waals surface area contributed by atoms with Crippen LogP contribution in [-0.4, -0.2) is 28.1 Å². The lowest BCUT2D eigenvalue weighted by Gasteiger charge is -2.08. The number of carbonyl (C=O) groups is 1. The molecule has 1 aromatic carbocycles. The third-order valence-electron chi connectivity index (χ3n) is 3.43. The van der Waals surface area contributed by atoms with Crippen molar-refractivity contribution in [3.05, 3.63) is 40.1 Å². The van der Waals surface area contributed by atoms with Crippen molar-refractivity contribution >= 4 is 12.0 Å². The summed E-state index contributed by atoms with van der Waals surface area (Å²) in [5, 5.41) is 15.6. The van der Waals surface area contributed by atoms with E-state index < -0.39 is 4.92 Å². The highest BCUT2D eigenvalue weighted by atomic mass is 16.6. The number of ether oxygens (including phenoxy) is 1. The first kappa shape index (κ1) is 13.3. The van der Waals surface area contributed by atoms with E-state index in [9.17, 15) is 14.9 Å². The number of hydrogen-bond acceptors (Lipinski definition) is 5. The van der Waals surface area contributed by atoms with Gasteiger partial charge >= 0.3 is 5.69 Å². The summed E-state index contributed by atoms with van der Waals surface area (Å²) in [4.78, 5) is 21.6. The van der Waals surface area contributed by atoms with Gasteiger partial charge in [0.2, 0.25) is 5.75 Å². The van der Waals surface area contributed by atoms with E-state index in [1.165, 1.54) is 13.2 Å². The van der Waals surface area contributed by atoms with E-state index in [0.29, 0.717) is 23.6 Å². The lowest BCUT2D eigenvalue weighted by atomic mass is 10.1. The summed E-state index contributed by atoms with van der Waals surface area (Å²) in [7, 11) is 1.37. The molecule has 0 saturated heterocycles. The van der Waals surface area contributed by atoms with Crippen LogP contribution in [0.2, 0.25) is 0 Å². The zero-order chi connectivity index (χ0) is 15.0. The van der Waals surface area contributed by atoms with Crippen molar-refractivity contribution < 1.29 is 14.5 Å². The lowest BCUT2D eigenvalue weighted by molar-refractivity contribution is -0.385. The topological polar surface area (TPSA) is 87.3 Å². The Balaban J connectivity index is 2.15. The summed E-state index contributed by atoms with van der Waals surface area (Å²) in [6, 6.07) is 4.94. The lowest BCUT2D eigenvalue weighted by Crippen LogP contribution is -1.99. The largest absolute Gasteiger partial charge is 0.490 e. The first-order chi connectivity index (χ1) is 10.1. The number of aldehydes is 1. The fourth-order valence-corrected chi connectivity index (χ4v) is 2.27. The van der Waals surface area contributed by atoms with E-state index in [-0.39, 0.29) is 17.0 Å². The van der Waals surface area contributed by atoms with Gasteiger partial charge in [0.25, 0.3) is 0 Å². The maximum Gasteiger partial charge on any atom is 0.312 e. The maximum atomic E-state index is 11.1. The number of carbonyl (C=O) groups excluding carboxylic acids is 1. The van der Waals surface area contributed by atoms with Gasteiger partial charge in [0.15, 0.2) is 0 Å². The van der Waals surface area contributed by atoms with Gasteiger partial charge < -0.3 is 4.74 Å². The third-order valence-corrected chi connectivity index (χ3v) is 3.43. The number of rotatable bonds is 5. The molecule has 0 atom stereocenters. The van der Waals surface area contributed by atoms with Crippen LogP contribution in [0.3, 0.4) is 0 Å². The van der Waals surface area contributed by atoms with Crippen molar-refractivity contribution in [2.75, 3.05) is 7.11 Å². The average Bonchev–Trinajstić information content (AvgIpc) is 3.23. The molecule has 108 valence electrons. The molecule has 3 rings (SSSR count). The zero-order valence-corrected chi connectivity index (χ0v) is 11.4. The SMILES string of the molecule is COc1c(-c2ccn(C3CC3)n2)cc(C=O)cc1[N+](=O)[O-]. The number of nitrogens with zero attached hydrogens (tertiary/aromatic N) is 3. The van der Waals surface area contributed by atoms with E-state index in [4.69, 9.17) is 4.74 Å². The molecule has 7 nitrogen and oxygen atoms in total. The molecular formula is C14H13N3O4. The molecule has 0 spiro atoms. The van der Waals surface area contributed by atoms with Crippen LogP contribution in [0.1, 0.15) is 29.2 Å². The van der Waals surface area contributed by atoms with E-state index in [0.717, 1.165) is 12.8 Å². The van der Waals surface area contributed by atoms with Gasteiger partial charge in [-0.25, -0.2) is 0 Å². The number of nitro groups is 1.